The lowest BCUT2D eigenvalue weighted by molar-refractivity contribution is -0.136. The molecule has 7 aliphatic heterocycles. The van der Waals surface area contributed by atoms with Gasteiger partial charge in [-0.1, -0.05) is 104 Å². The molecule has 7 aromatic rings. The summed E-state index contributed by atoms with van der Waals surface area (Å²) < 4.78 is 35.5. The molecular formula is C82H98N14O13S2. The quantitative estimate of drug-likeness (QED) is 0.0386. The second-order valence-corrected chi connectivity index (χ2v) is 33.2. The van der Waals surface area contributed by atoms with E-state index in [4.69, 9.17) is 33.9 Å². The number of aliphatic imine (C=N–C) groups is 2. The number of allylic oxidation sites excluding steroid dienone is 2. The lowest BCUT2D eigenvalue weighted by atomic mass is 9.95. The zero-order valence-corrected chi connectivity index (χ0v) is 66.4. The first-order chi connectivity index (χ1) is 53.4. The predicted molar refractivity (Wildman–Crippen MR) is 425 cm³/mol. The third-order valence-corrected chi connectivity index (χ3v) is 24.9. The molecule has 3 aromatic heterocycles. The van der Waals surface area contributed by atoms with E-state index in [9.17, 15) is 42.6 Å². The minimum Gasteiger partial charge on any atom is -0.453 e. The van der Waals surface area contributed by atoms with Gasteiger partial charge in [-0.3, -0.25) is 29.2 Å². The molecule has 7 aliphatic rings. The molecule has 0 bridgehead atoms. The minimum atomic E-state index is -1.42. The number of fused-ring (bicyclic) bond motifs is 6. The van der Waals surface area contributed by atoms with Gasteiger partial charge < -0.3 is 69.8 Å². The zero-order chi connectivity index (χ0) is 78.8. The van der Waals surface area contributed by atoms with E-state index < -0.39 is 59.3 Å². The largest absolute Gasteiger partial charge is 0.453 e. The second kappa shape index (κ2) is 33.6. The van der Waals surface area contributed by atoms with Crippen molar-refractivity contribution < 1.29 is 61.5 Å². The number of aromatic nitrogens is 4. The molecule has 8 amide bonds. The molecule has 0 radical (unpaired) electrons. The first kappa shape index (κ1) is 78.6. The highest BCUT2D eigenvalue weighted by atomic mass is 32.2. The van der Waals surface area contributed by atoms with Crippen LogP contribution in [0.25, 0.3) is 65.0 Å². The molecule has 4 fully saturated rings. The molecule has 4 aromatic carbocycles. The van der Waals surface area contributed by atoms with Crippen LogP contribution in [0.15, 0.2) is 117 Å². The number of hydrogen-bond donors (Lipinski definition) is 6. The molecule has 1 unspecified atom stereocenters. The third kappa shape index (κ3) is 16.2. The molecule has 9 atom stereocenters. The van der Waals surface area contributed by atoms with Crippen molar-refractivity contribution in [1.82, 2.24) is 60.8 Å². The van der Waals surface area contributed by atoms with Crippen molar-refractivity contribution in [3.05, 3.63) is 120 Å². The van der Waals surface area contributed by atoms with Gasteiger partial charge in [-0.05, 0) is 133 Å². The fraction of sp³-hybridized carbons (Fsp3) is 0.463. The third-order valence-electron chi connectivity index (χ3n) is 22.3. The van der Waals surface area contributed by atoms with E-state index in [1.165, 1.54) is 43.9 Å². The summed E-state index contributed by atoms with van der Waals surface area (Å²) in [5.74, 6) is 0.404. The number of likely N-dealkylation sites (tertiary alicyclic amines) is 4. The second-order valence-electron chi connectivity index (χ2n) is 30.7. The standard InChI is InChI=1S/C41H49N7O7S.C41H49N7O6S/c1-22(2)35(45-40(51)54-5)38(49)47-15-7-9-31(47)29-17-26(20-42-29)24-11-13-27-28-14-12-25(19-34(28)56(53)33(27)18-24)30-21-43-37(44-30)32-10-8-16-48(32)39(50)36(23(3)4)46-41(52)55-6;1-22(2)35(45-40(51)53-5)38(49)47-15-7-9-31(47)29-17-26(20-42-29)24-11-13-27-28-14-12-25(19-34(28)55-33(27)18-24)30-21-43-37(44-30)32-10-8-16-48(32)39(50)36(23(3)4)46-41(52)54-6/h11-14,18-23,31-32,35-36H,7-10,15-17H2,1-6H3,(H,43,44)(H,45,51)(H,46,52);11-14,18-23,31-32,35-36H,7-10,15-17H2,1-6H3,(H,43,44)(H,45,51)(H,46,52)/t31-,32-,35-,36-,56?;31-,32-,35-,36-/m00/s1. The van der Waals surface area contributed by atoms with E-state index >= 15 is 0 Å². The summed E-state index contributed by atoms with van der Waals surface area (Å²) in [6, 6.07) is 21.5. The molecule has 10 heterocycles. The van der Waals surface area contributed by atoms with Gasteiger partial charge >= 0.3 is 24.4 Å². The first-order valence-electron chi connectivity index (χ1n) is 38.3. The average Bonchev–Trinajstić information content (AvgIpc) is 1.50. The highest BCUT2D eigenvalue weighted by Crippen LogP contribution is 2.46. The molecule has 29 heteroatoms. The SMILES string of the molecule is COC(=O)N[C@H](C(=O)N1CCC[C@H]1C1=NC=C(c2ccc3c(c2)S(=O)c2cc(-c4cnc([C@@H]5CCCN5C(=O)[C@@H](NC(=O)OC)C(C)C)[nH]4)ccc2-3)C1)C(C)C.COC(=O)N[C@H](C(=O)N1CCC[C@H]1C1=NC=C(c2ccc3c(c2)sc2cc(-c4cnc([C@@H]5CCCN5C(=O)[C@@H](NC(=O)OC)C(C)C)[nH]4)ccc23)C1)C(C)C. The van der Waals surface area contributed by atoms with Crippen LogP contribution in [-0.2, 0) is 48.9 Å². The Kier molecular flexibility index (Phi) is 23.8. The molecule has 0 spiro atoms. The van der Waals surface area contributed by atoms with Gasteiger partial charge in [-0.2, -0.15) is 0 Å². The molecular weight excluding hydrogens is 1450 g/mol. The van der Waals surface area contributed by atoms with Gasteiger partial charge in [-0.15, -0.1) is 11.3 Å². The Morgan fingerprint density at radius 3 is 1.14 bits per heavy atom. The number of carbonyl (C=O) groups is 8. The number of aromatic amines is 2. The topological polar surface area (TPSA) is 334 Å². The van der Waals surface area contributed by atoms with Crippen LogP contribution in [0.5, 0.6) is 0 Å². The van der Waals surface area contributed by atoms with E-state index in [1.807, 2.05) is 125 Å². The van der Waals surface area contributed by atoms with Gasteiger partial charge in [0.25, 0.3) is 0 Å². The Labute approximate surface area is 651 Å². The minimum absolute atomic E-state index is 0.0878. The van der Waals surface area contributed by atoms with Crippen molar-refractivity contribution in [1.29, 1.82) is 0 Å². The van der Waals surface area contributed by atoms with Crippen LogP contribution in [0, 0.1) is 23.7 Å². The summed E-state index contributed by atoms with van der Waals surface area (Å²) in [6.07, 6.45) is 12.6. The summed E-state index contributed by atoms with van der Waals surface area (Å²) in [4.78, 5) is 137. The van der Waals surface area contributed by atoms with Crippen LogP contribution < -0.4 is 21.3 Å². The van der Waals surface area contributed by atoms with Gasteiger partial charge in [0.15, 0.2) is 0 Å². The first-order valence-corrected chi connectivity index (χ1v) is 40.2. The predicted octanol–water partition coefficient (Wildman–Crippen LogP) is 12.9. The van der Waals surface area contributed by atoms with E-state index in [1.54, 1.807) is 22.4 Å². The Hall–Kier alpha value is -10.6. The number of imidazole rings is 2. The number of carbonyl (C=O) groups excluding carboxylic acids is 8. The van der Waals surface area contributed by atoms with Crippen LogP contribution >= 0.6 is 11.3 Å². The van der Waals surface area contributed by atoms with Gasteiger partial charge in [0.1, 0.15) is 35.8 Å². The summed E-state index contributed by atoms with van der Waals surface area (Å²) in [7, 11) is 3.73. The number of H-pyrrole nitrogens is 2. The maximum absolute atomic E-state index is 14.1. The maximum Gasteiger partial charge on any atom is 0.407 e. The van der Waals surface area contributed by atoms with Crippen LogP contribution in [0.1, 0.15) is 154 Å². The monoisotopic (exact) mass is 1550 g/mol. The van der Waals surface area contributed by atoms with Crippen LogP contribution in [0.3, 0.4) is 0 Å². The number of rotatable bonds is 20. The Bertz CT molecular complexity index is 4930. The van der Waals surface area contributed by atoms with Crippen LogP contribution in [0.4, 0.5) is 19.2 Å². The summed E-state index contributed by atoms with van der Waals surface area (Å²) in [6.45, 7) is 17.6. The van der Waals surface area contributed by atoms with E-state index in [0.717, 1.165) is 139 Å². The molecule has 111 heavy (non-hydrogen) atoms. The van der Waals surface area contributed by atoms with Gasteiger partial charge in [0.2, 0.25) is 23.6 Å². The Morgan fingerprint density at radius 2 is 0.757 bits per heavy atom. The molecule has 6 N–H and O–H groups in total. The van der Waals surface area contributed by atoms with Crippen molar-refractivity contribution >= 4 is 113 Å². The van der Waals surface area contributed by atoms with Crippen molar-refractivity contribution in [2.24, 2.45) is 33.7 Å². The van der Waals surface area contributed by atoms with Crippen molar-refractivity contribution in [2.45, 2.75) is 178 Å². The number of nitrogens with zero attached hydrogens (tertiary/aromatic N) is 8. The Balaban J connectivity index is 0.000000195. The van der Waals surface area contributed by atoms with Gasteiger partial charge in [0, 0.05) is 94.1 Å². The highest BCUT2D eigenvalue weighted by molar-refractivity contribution is 7.85. The molecule has 0 saturated carbocycles. The van der Waals surface area contributed by atoms with E-state index in [-0.39, 0.29) is 71.5 Å². The van der Waals surface area contributed by atoms with Crippen molar-refractivity contribution in [3.8, 4) is 33.6 Å². The number of thiophene rings is 1. The lowest BCUT2D eigenvalue weighted by Gasteiger charge is -2.31. The molecule has 586 valence electrons. The van der Waals surface area contributed by atoms with Crippen LogP contribution in [-0.4, -0.2) is 194 Å². The number of nitrogens with one attached hydrogen (secondary N) is 6. The molecule has 0 aliphatic carbocycles. The summed E-state index contributed by atoms with van der Waals surface area (Å²) in [5, 5.41) is 13.2. The Morgan fingerprint density at radius 1 is 0.441 bits per heavy atom. The number of hydrogen-bond acceptors (Lipinski definition) is 18. The normalized spacial score (nSPS) is 20.3. The fourth-order valence-electron chi connectivity index (χ4n) is 16.3. The number of benzene rings is 4. The summed E-state index contributed by atoms with van der Waals surface area (Å²) in [5.41, 5.74) is 11.3. The van der Waals surface area contributed by atoms with Gasteiger partial charge in [0.05, 0.1) is 97.0 Å². The number of methoxy groups -OCH3 is 4. The van der Waals surface area contributed by atoms with Crippen molar-refractivity contribution in [2.75, 3.05) is 54.6 Å². The smallest absolute Gasteiger partial charge is 0.407 e. The average molecular weight is 1550 g/mol. The molecule has 27 nitrogen and oxygen atoms in total. The summed E-state index contributed by atoms with van der Waals surface area (Å²) >= 11 is 1.74. The highest BCUT2D eigenvalue weighted by Gasteiger charge is 2.43. The number of alkyl carbamates (subject to hydrolysis) is 4. The van der Waals surface area contributed by atoms with Gasteiger partial charge in [-0.25, -0.2) is 33.4 Å². The van der Waals surface area contributed by atoms with E-state index in [2.05, 4.69) is 72.6 Å². The van der Waals surface area contributed by atoms with Crippen molar-refractivity contribution in [3.63, 3.8) is 0 Å². The van der Waals surface area contributed by atoms with Crippen LogP contribution in [0.2, 0.25) is 0 Å². The lowest BCUT2D eigenvalue weighted by Crippen LogP contribution is -2.53. The molecule has 14 rings (SSSR count). The number of ether oxygens (including phenoxy) is 4. The zero-order valence-electron chi connectivity index (χ0n) is 64.8. The fourth-order valence-corrected chi connectivity index (χ4v) is 18.9. The maximum atomic E-state index is 14.1. The number of amides is 8. The van der Waals surface area contributed by atoms with E-state index in [0.29, 0.717) is 44.8 Å². The molecule has 4 saturated heterocycles.